The third kappa shape index (κ3) is 6.83. The van der Waals surface area contributed by atoms with Crippen LogP contribution in [0.25, 0.3) is 6.08 Å². The van der Waals surface area contributed by atoms with Crippen molar-refractivity contribution in [1.82, 2.24) is 4.90 Å². The van der Waals surface area contributed by atoms with Gasteiger partial charge in [0.05, 0.1) is 28.2 Å². The van der Waals surface area contributed by atoms with Crippen LogP contribution in [0.4, 0.5) is 18.9 Å². The summed E-state index contributed by atoms with van der Waals surface area (Å²) in [6.45, 7) is 0.172. The van der Waals surface area contributed by atoms with Gasteiger partial charge in [-0.15, -0.1) is 0 Å². The highest BCUT2D eigenvalue weighted by atomic mass is 35.5. The summed E-state index contributed by atoms with van der Waals surface area (Å²) in [7, 11) is 1.28. The second kappa shape index (κ2) is 11.2. The molecule has 6 nitrogen and oxygen atoms in total. The van der Waals surface area contributed by atoms with E-state index in [1.165, 1.54) is 18.1 Å². The minimum Gasteiger partial charge on any atom is -0.465 e. The largest absolute Gasteiger partial charge is 0.465 e. The molecule has 0 aromatic heterocycles. The number of amides is 2. The molecule has 1 aliphatic rings. The van der Waals surface area contributed by atoms with Crippen LogP contribution in [0.15, 0.2) is 47.4 Å². The van der Waals surface area contributed by atoms with Crippen molar-refractivity contribution in [1.29, 1.82) is 0 Å². The SMILES string of the molecule is COC(=O)c1ccc(C=C2SC(=S)N(CCCC(=O)Nc3ccc(Cl)c(C(F)(F)F)c3)C2=O)cc1. The Morgan fingerprint density at radius 3 is 2.51 bits per heavy atom. The molecule has 3 rings (SSSR count). The maximum Gasteiger partial charge on any atom is 0.417 e. The number of carbonyl (C=O) groups excluding carboxylic acids is 3. The van der Waals surface area contributed by atoms with E-state index in [1.807, 2.05) is 0 Å². The second-order valence-corrected chi connectivity index (χ2v) is 9.37. The topological polar surface area (TPSA) is 75.7 Å². The number of halogens is 4. The van der Waals surface area contributed by atoms with Gasteiger partial charge in [-0.2, -0.15) is 13.2 Å². The molecule has 1 saturated heterocycles. The Morgan fingerprint density at radius 1 is 1.20 bits per heavy atom. The molecular weight excluding hydrogens is 525 g/mol. The van der Waals surface area contributed by atoms with Gasteiger partial charge in [-0.1, -0.05) is 47.7 Å². The summed E-state index contributed by atoms with van der Waals surface area (Å²) in [5.41, 5.74) is 0.00201. The summed E-state index contributed by atoms with van der Waals surface area (Å²) in [6, 6.07) is 9.61. The van der Waals surface area contributed by atoms with Gasteiger partial charge in [0, 0.05) is 18.7 Å². The van der Waals surface area contributed by atoms with Gasteiger partial charge in [-0.05, 0) is 48.4 Å². The molecule has 1 aliphatic heterocycles. The molecule has 1 N–H and O–H groups in total. The standard InChI is InChI=1S/C23H18ClF3N2O4S2/c1-33-21(32)14-6-4-13(5-7-14)11-18-20(31)29(22(34)35-18)10-2-3-19(30)28-15-8-9-17(24)16(12-15)23(25,26)27/h4-9,11-12H,2-3,10H2,1H3,(H,28,30). The highest BCUT2D eigenvalue weighted by Gasteiger charge is 2.34. The molecule has 184 valence electrons. The fourth-order valence-electron chi connectivity index (χ4n) is 3.12. The molecule has 1 fully saturated rings. The molecule has 0 aliphatic carbocycles. The number of hydrogen-bond acceptors (Lipinski definition) is 6. The molecule has 2 aromatic carbocycles. The number of carbonyl (C=O) groups is 3. The molecule has 12 heteroatoms. The number of benzene rings is 2. The average molecular weight is 543 g/mol. The van der Waals surface area contributed by atoms with E-state index in [0.717, 1.165) is 23.9 Å². The number of thioether (sulfide) groups is 1. The van der Waals surface area contributed by atoms with Gasteiger partial charge < -0.3 is 10.1 Å². The summed E-state index contributed by atoms with van der Waals surface area (Å²) < 4.78 is 43.9. The van der Waals surface area contributed by atoms with E-state index in [0.29, 0.717) is 20.4 Å². The molecule has 0 spiro atoms. The van der Waals surface area contributed by atoms with Crippen LogP contribution < -0.4 is 5.32 Å². The fraction of sp³-hybridized carbons (Fsp3) is 0.217. The predicted molar refractivity (Wildman–Crippen MR) is 132 cm³/mol. The molecule has 0 radical (unpaired) electrons. The first-order chi connectivity index (χ1) is 16.5. The van der Waals surface area contributed by atoms with Crippen molar-refractivity contribution in [2.24, 2.45) is 0 Å². The molecule has 0 saturated carbocycles. The van der Waals surface area contributed by atoms with Crippen LogP contribution in [0.2, 0.25) is 5.02 Å². The summed E-state index contributed by atoms with van der Waals surface area (Å²) >= 11 is 12.0. The van der Waals surface area contributed by atoms with Gasteiger partial charge in [0.2, 0.25) is 5.91 Å². The quantitative estimate of drug-likeness (QED) is 0.272. The molecule has 35 heavy (non-hydrogen) atoms. The zero-order valence-electron chi connectivity index (χ0n) is 18.1. The van der Waals surface area contributed by atoms with Crippen LogP contribution in [0, 0.1) is 0 Å². The molecule has 0 atom stereocenters. The zero-order chi connectivity index (χ0) is 25.8. The minimum absolute atomic E-state index is 0.0292. The monoisotopic (exact) mass is 542 g/mol. The maximum atomic E-state index is 13.0. The van der Waals surface area contributed by atoms with Gasteiger partial charge in [-0.25, -0.2) is 4.79 Å². The van der Waals surface area contributed by atoms with Crippen LogP contribution in [-0.2, 0) is 20.5 Å². The normalized spacial score (nSPS) is 15.0. The number of methoxy groups -OCH3 is 1. The van der Waals surface area contributed by atoms with Gasteiger partial charge in [-0.3, -0.25) is 14.5 Å². The van der Waals surface area contributed by atoms with Crippen molar-refractivity contribution >= 4 is 69.4 Å². The van der Waals surface area contributed by atoms with Gasteiger partial charge in [0.15, 0.2) is 0 Å². The smallest absolute Gasteiger partial charge is 0.417 e. The Hall–Kier alpha value is -2.89. The molecular formula is C23H18ClF3N2O4S2. The summed E-state index contributed by atoms with van der Waals surface area (Å²) in [4.78, 5) is 38.2. The van der Waals surface area contributed by atoms with Crippen LogP contribution in [0.5, 0.6) is 0 Å². The van der Waals surface area contributed by atoms with Crippen LogP contribution in [0.1, 0.15) is 34.3 Å². The number of ether oxygens (including phenoxy) is 1. The number of alkyl halides is 3. The first-order valence-electron chi connectivity index (χ1n) is 10.1. The van der Waals surface area contributed by atoms with Crippen molar-refractivity contribution < 1.29 is 32.3 Å². The Balaban J connectivity index is 1.55. The van der Waals surface area contributed by atoms with E-state index < -0.39 is 28.6 Å². The lowest BCUT2D eigenvalue weighted by Crippen LogP contribution is -2.29. The van der Waals surface area contributed by atoms with Crippen LogP contribution in [-0.4, -0.2) is 40.7 Å². The van der Waals surface area contributed by atoms with Crippen molar-refractivity contribution in [3.05, 3.63) is 69.1 Å². The third-order valence-electron chi connectivity index (χ3n) is 4.84. The molecule has 0 bridgehead atoms. The van der Waals surface area contributed by atoms with Crippen molar-refractivity contribution in [3.63, 3.8) is 0 Å². The van der Waals surface area contributed by atoms with E-state index in [9.17, 15) is 27.6 Å². The van der Waals surface area contributed by atoms with E-state index in [2.05, 4.69) is 10.1 Å². The molecule has 2 aromatic rings. The van der Waals surface area contributed by atoms with Crippen molar-refractivity contribution in [2.75, 3.05) is 19.0 Å². The van der Waals surface area contributed by atoms with Crippen molar-refractivity contribution in [3.8, 4) is 0 Å². The third-order valence-corrected chi connectivity index (χ3v) is 6.55. The number of nitrogens with one attached hydrogen (secondary N) is 1. The van der Waals surface area contributed by atoms with Crippen molar-refractivity contribution in [2.45, 2.75) is 19.0 Å². The van der Waals surface area contributed by atoms with Gasteiger partial charge >= 0.3 is 12.1 Å². The minimum atomic E-state index is -4.64. The Bertz CT molecular complexity index is 1200. The fourth-order valence-corrected chi connectivity index (χ4v) is 4.65. The Morgan fingerprint density at radius 2 is 1.89 bits per heavy atom. The Labute approximate surface area is 213 Å². The lowest BCUT2D eigenvalue weighted by molar-refractivity contribution is -0.137. The average Bonchev–Trinajstić information content (AvgIpc) is 3.07. The number of rotatable bonds is 7. The second-order valence-electron chi connectivity index (χ2n) is 7.29. The summed E-state index contributed by atoms with van der Waals surface area (Å²) in [5, 5.41) is 1.94. The van der Waals surface area contributed by atoms with Crippen LogP contribution in [0.3, 0.4) is 0 Å². The van der Waals surface area contributed by atoms with E-state index in [1.54, 1.807) is 30.3 Å². The highest BCUT2D eigenvalue weighted by Crippen LogP contribution is 2.36. The lowest BCUT2D eigenvalue weighted by atomic mass is 10.1. The van der Waals surface area contributed by atoms with E-state index >= 15 is 0 Å². The van der Waals surface area contributed by atoms with E-state index in [4.69, 9.17) is 23.8 Å². The summed E-state index contributed by atoms with van der Waals surface area (Å²) in [6.07, 6.45) is -2.78. The first-order valence-corrected chi connectivity index (χ1v) is 11.7. The number of anilines is 1. The first kappa shape index (κ1) is 26.7. The Kier molecular flexibility index (Phi) is 8.57. The number of esters is 1. The highest BCUT2D eigenvalue weighted by molar-refractivity contribution is 8.26. The van der Waals surface area contributed by atoms with E-state index in [-0.39, 0.29) is 31.0 Å². The van der Waals surface area contributed by atoms with Gasteiger partial charge in [0.25, 0.3) is 5.91 Å². The number of hydrogen-bond donors (Lipinski definition) is 1. The van der Waals surface area contributed by atoms with Crippen LogP contribution >= 0.6 is 35.6 Å². The zero-order valence-corrected chi connectivity index (χ0v) is 20.5. The lowest BCUT2D eigenvalue weighted by Gasteiger charge is -2.14. The summed E-state index contributed by atoms with van der Waals surface area (Å²) in [5.74, 6) is -1.29. The molecule has 2 amide bonds. The predicted octanol–water partition coefficient (Wildman–Crippen LogP) is 5.77. The van der Waals surface area contributed by atoms with Gasteiger partial charge in [0.1, 0.15) is 4.32 Å². The maximum absolute atomic E-state index is 13.0. The number of nitrogens with zero attached hydrogens (tertiary/aromatic N) is 1. The molecule has 0 unspecified atom stereocenters. The number of thiocarbonyl (C=S) groups is 1. The molecule has 1 heterocycles.